The van der Waals surface area contributed by atoms with E-state index in [1.807, 2.05) is 44.2 Å². The number of amides is 2. The highest BCUT2D eigenvalue weighted by Gasteiger charge is 2.11. The molecule has 2 amide bonds. The van der Waals surface area contributed by atoms with Crippen LogP contribution in [0.15, 0.2) is 54.6 Å². The number of ether oxygens (including phenoxy) is 1. The summed E-state index contributed by atoms with van der Waals surface area (Å²) in [5.74, 6) is -0.930. The van der Waals surface area contributed by atoms with Crippen molar-refractivity contribution in [3.63, 3.8) is 0 Å². The number of nitrogens with one attached hydrogen (secondary N) is 3. The number of hydrogen-bond donors (Lipinski definition) is 3. The second-order valence-corrected chi connectivity index (χ2v) is 8.08. The number of esters is 1. The Morgan fingerprint density at radius 1 is 1.00 bits per heavy atom. The van der Waals surface area contributed by atoms with Crippen LogP contribution in [0.2, 0.25) is 0 Å². The summed E-state index contributed by atoms with van der Waals surface area (Å²) in [5.41, 5.74) is 2.37. The first kappa shape index (κ1) is 26.0. The van der Waals surface area contributed by atoms with Crippen LogP contribution in [0, 0.1) is 0 Å². The Balaban J connectivity index is 1.63. The lowest BCUT2D eigenvalue weighted by molar-refractivity contribution is -0.145. The van der Waals surface area contributed by atoms with E-state index in [0.717, 1.165) is 19.3 Å². The fourth-order valence-electron chi connectivity index (χ4n) is 2.86. The number of rotatable bonds is 11. The molecule has 0 radical (unpaired) electrons. The van der Waals surface area contributed by atoms with Gasteiger partial charge in [0, 0.05) is 23.7 Å². The third-order valence-electron chi connectivity index (χ3n) is 4.92. The molecule has 0 heterocycles. The van der Waals surface area contributed by atoms with Gasteiger partial charge in [0.25, 0.3) is 5.91 Å². The number of anilines is 1. The summed E-state index contributed by atoms with van der Waals surface area (Å²) in [6, 6.07) is 16.8. The fraction of sp³-hybridized carbons (Fsp3) is 0.360. The normalized spacial score (nSPS) is 11.2. The topological polar surface area (TPSA) is 96.5 Å². The van der Waals surface area contributed by atoms with Crippen molar-refractivity contribution in [2.24, 2.45) is 0 Å². The molecule has 33 heavy (non-hydrogen) atoms. The first-order valence-electron chi connectivity index (χ1n) is 11.1. The van der Waals surface area contributed by atoms with Crippen LogP contribution < -0.4 is 16.0 Å². The molecular formula is C25H31N3O4S. The molecule has 0 spiro atoms. The van der Waals surface area contributed by atoms with Gasteiger partial charge in [-0.05, 0) is 68.2 Å². The lowest BCUT2D eigenvalue weighted by Gasteiger charge is -2.12. The predicted molar refractivity (Wildman–Crippen MR) is 133 cm³/mol. The first-order chi connectivity index (χ1) is 15.9. The van der Waals surface area contributed by atoms with E-state index in [4.69, 9.17) is 17.0 Å². The minimum atomic E-state index is -0.414. The molecule has 0 saturated heterocycles. The standard InChI is InChI=1S/C25H31N3O4S/c1-3-18(2)26-24(31)20-11-13-21(14-12-20)27-25(33)28-22(29)15-16-23(30)32-17-7-10-19-8-5-4-6-9-19/h4-6,8-9,11-14,18H,3,7,10,15-17H2,1-2H3,(H,26,31)(H2,27,28,29,33). The lowest BCUT2D eigenvalue weighted by atomic mass is 10.1. The molecule has 0 aromatic heterocycles. The molecule has 0 aliphatic heterocycles. The van der Waals surface area contributed by atoms with Crippen molar-refractivity contribution < 1.29 is 19.1 Å². The second-order valence-electron chi connectivity index (χ2n) is 7.67. The summed E-state index contributed by atoms with van der Waals surface area (Å²) < 4.78 is 5.18. The number of hydrogen-bond acceptors (Lipinski definition) is 5. The van der Waals surface area contributed by atoms with Crippen molar-refractivity contribution in [1.29, 1.82) is 0 Å². The molecule has 0 fully saturated rings. The van der Waals surface area contributed by atoms with Crippen LogP contribution in [0.4, 0.5) is 5.69 Å². The Bertz CT molecular complexity index is 932. The molecule has 2 aromatic rings. The van der Waals surface area contributed by atoms with E-state index in [2.05, 4.69) is 16.0 Å². The maximum atomic E-state index is 12.1. The van der Waals surface area contributed by atoms with E-state index in [1.54, 1.807) is 24.3 Å². The Morgan fingerprint density at radius 2 is 1.70 bits per heavy atom. The van der Waals surface area contributed by atoms with Crippen molar-refractivity contribution in [2.45, 2.75) is 52.0 Å². The van der Waals surface area contributed by atoms with Gasteiger partial charge >= 0.3 is 5.97 Å². The molecule has 0 aliphatic rings. The maximum Gasteiger partial charge on any atom is 0.306 e. The summed E-state index contributed by atoms with van der Waals surface area (Å²) in [6.45, 7) is 4.27. The number of carbonyl (C=O) groups excluding carboxylic acids is 3. The highest BCUT2D eigenvalue weighted by atomic mass is 32.1. The van der Waals surface area contributed by atoms with E-state index < -0.39 is 5.97 Å². The van der Waals surface area contributed by atoms with Gasteiger partial charge in [-0.25, -0.2) is 0 Å². The molecule has 3 N–H and O–H groups in total. The Kier molecular flexibility index (Phi) is 11.0. The smallest absolute Gasteiger partial charge is 0.306 e. The van der Waals surface area contributed by atoms with E-state index in [0.29, 0.717) is 17.9 Å². The van der Waals surface area contributed by atoms with E-state index >= 15 is 0 Å². The molecule has 1 unspecified atom stereocenters. The zero-order chi connectivity index (χ0) is 24.1. The van der Waals surface area contributed by atoms with Gasteiger partial charge < -0.3 is 20.7 Å². The molecule has 7 nitrogen and oxygen atoms in total. The minimum absolute atomic E-state index is 0.0141. The molecular weight excluding hydrogens is 438 g/mol. The summed E-state index contributed by atoms with van der Waals surface area (Å²) in [5, 5.41) is 8.44. The monoisotopic (exact) mass is 469 g/mol. The molecule has 2 rings (SSSR count). The SMILES string of the molecule is CCC(C)NC(=O)c1ccc(NC(=S)NC(=O)CCC(=O)OCCCc2ccccc2)cc1. The van der Waals surface area contributed by atoms with Crippen molar-refractivity contribution >= 4 is 40.8 Å². The van der Waals surface area contributed by atoms with Gasteiger partial charge in [0.15, 0.2) is 5.11 Å². The quantitative estimate of drug-likeness (QED) is 0.262. The minimum Gasteiger partial charge on any atom is -0.466 e. The van der Waals surface area contributed by atoms with Gasteiger partial charge in [-0.15, -0.1) is 0 Å². The van der Waals surface area contributed by atoms with Gasteiger partial charge in [-0.2, -0.15) is 0 Å². The van der Waals surface area contributed by atoms with Crippen LogP contribution in [0.3, 0.4) is 0 Å². The van der Waals surface area contributed by atoms with Crippen molar-refractivity contribution in [3.05, 3.63) is 65.7 Å². The van der Waals surface area contributed by atoms with Crippen LogP contribution in [-0.2, 0) is 20.7 Å². The Labute approximate surface area is 200 Å². The summed E-state index contributed by atoms with van der Waals surface area (Å²) in [7, 11) is 0. The predicted octanol–water partition coefficient (Wildman–Crippen LogP) is 3.98. The highest BCUT2D eigenvalue weighted by molar-refractivity contribution is 7.80. The molecule has 8 heteroatoms. The van der Waals surface area contributed by atoms with Crippen LogP contribution in [0.25, 0.3) is 0 Å². The summed E-state index contributed by atoms with van der Waals surface area (Å²) in [4.78, 5) is 36.0. The van der Waals surface area contributed by atoms with Crippen LogP contribution in [-0.4, -0.2) is 35.5 Å². The average Bonchev–Trinajstić information content (AvgIpc) is 2.81. The van der Waals surface area contributed by atoms with Crippen molar-refractivity contribution in [3.8, 4) is 0 Å². The molecule has 2 aromatic carbocycles. The van der Waals surface area contributed by atoms with Gasteiger partial charge in [0.1, 0.15) is 0 Å². The Hall–Kier alpha value is -3.26. The van der Waals surface area contributed by atoms with Crippen molar-refractivity contribution in [2.75, 3.05) is 11.9 Å². The Morgan fingerprint density at radius 3 is 2.36 bits per heavy atom. The van der Waals surface area contributed by atoms with E-state index in [1.165, 1.54) is 5.56 Å². The van der Waals surface area contributed by atoms with E-state index in [9.17, 15) is 14.4 Å². The fourth-order valence-corrected chi connectivity index (χ4v) is 3.09. The van der Waals surface area contributed by atoms with Gasteiger partial charge in [0.2, 0.25) is 5.91 Å². The largest absolute Gasteiger partial charge is 0.466 e. The summed E-state index contributed by atoms with van der Waals surface area (Å²) in [6.07, 6.45) is 2.38. The van der Waals surface area contributed by atoms with Crippen LogP contribution in [0.1, 0.15) is 55.5 Å². The molecule has 1 atom stereocenters. The first-order valence-corrected chi connectivity index (χ1v) is 11.5. The van der Waals surface area contributed by atoms with Crippen molar-refractivity contribution in [1.82, 2.24) is 10.6 Å². The van der Waals surface area contributed by atoms with E-state index in [-0.39, 0.29) is 35.8 Å². The number of thiocarbonyl (C=S) groups is 1. The maximum absolute atomic E-state index is 12.1. The van der Waals surface area contributed by atoms with Gasteiger partial charge in [-0.1, -0.05) is 37.3 Å². The highest BCUT2D eigenvalue weighted by Crippen LogP contribution is 2.10. The molecule has 0 saturated carbocycles. The van der Waals surface area contributed by atoms with Gasteiger partial charge in [-0.3, -0.25) is 14.4 Å². The molecule has 176 valence electrons. The number of carbonyl (C=O) groups is 3. The zero-order valence-electron chi connectivity index (χ0n) is 19.1. The second kappa shape index (κ2) is 14.0. The number of benzene rings is 2. The lowest BCUT2D eigenvalue weighted by Crippen LogP contribution is -2.34. The number of aryl methyl sites for hydroxylation is 1. The summed E-state index contributed by atoms with van der Waals surface area (Å²) >= 11 is 5.14. The van der Waals surface area contributed by atoms with Gasteiger partial charge in [0.05, 0.1) is 13.0 Å². The van der Waals surface area contributed by atoms with Crippen LogP contribution in [0.5, 0.6) is 0 Å². The van der Waals surface area contributed by atoms with Crippen LogP contribution >= 0.6 is 12.2 Å². The third-order valence-corrected chi connectivity index (χ3v) is 5.12. The average molecular weight is 470 g/mol. The molecule has 0 aliphatic carbocycles. The zero-order valence-corrected chi connectivity index (χ0v) is 19.9. The molecule has 0 bridgehead atoms. The third kappa shape index (κ3) is 10.3.